The second-order valence-corrected chi connectivity index (χ2v) is 7.40. The Labute approximate surface area is 197 Å². The summed E-state index contributed by atoms with van der Waals surface area (Å²) >= 11 is 0. The molecule has 9 heteroatoms. The van der Waals surface area contributed by atoms with Gasteiger partial charge in [-0.05, 0) is 56.2 Å². The van der Waals surface area contributed by atoms with Crippen molar-refractivity contribution in [1.29, 1.82) is 0 Å². The number of nitrogen functional groups attached to an aromatic ring is 1. The first-order valence-corrected chi connectivity index (χ1v) is 11.0. The monoisotopic (exact) mass is 461 g/mol. The standard InChI is InChI=1S/C23H22FN7O.C2H6/c1-14-6-4-9-20(30(14)13-32)28-19(15(2)17-7-5-8-18(24)10-17)11-31-23-21(16(3)29-31)22(25)26-12-27-23;1-2/h4-10,12-13H,11H2,1-3H3,(H2,25,26,27);1-2H3/b19-15+,28-20?;. The molecule has 3 heterocycles. The molecule has 0 spiro atoms. The summed E-state index contributed by atoms with van der Waals surface area (Å²) in [6.45, 7) is 9.74. The number of hydrogen-bond donors (Lipinski definition) is 1. The summed E-state index contributed by atoms with van der Waals surface area (Å²) in [6, 6.07) is 11.7. The highest BCUT2D eigenvalue weighted by molar-refractivity contribution is 5.88. The Balaban J connectivity index is 0.00000158. The number of rotatable bonds is 5. The Morgan fingerprint density at radius 2 is 1.88 bits per heavy atom. The predicted molar refractivity (Wildman–Crippen MR) is 132 cm³/mol. The van der Waals surface area contributed by atoms with Gasteiger partial charge >= 0.3 is 0 Å². The average molecular weight is 462 g/mol. The summed E-state index contributed by atoms with van der Waals surface area (Å²) in [5.74, 6) is 0.00107. The van der Waals surface area contributed by atoms with E-state index in [9.17, 15) is 9.18 Å². The number of halogens is 1. The summed E-state index contributed by atoms with van der Waals surface area (Å²) in [4.78, 5) is 24.8. The Morgan fingerprint density at radius 1 is 1.15 bits per heavy atom. The molecule has 3 aromatic heterocycles. The van der Waals surface area contributed by atoms with Crippen LogP contribution in [0.25, 0.3) is 16.6 Å². The van der Waals surface area contributed by atoms with E-state index in [1.807, 2.05) is 52.8 Å². The fourth-order valence-electron chi connectivity index (χ4n) is 3.57. The molecular formula is C25H28FN7O. The Hall–Kier alpha value is -4.14. The van der Waals surface area contributed by atoms with E-state index >= 15 is 0 Å². The van der Waals surface area contributed by atoms with Crippen molar-refractivity contribution in [2.24, 2.45) is 4.99 Å². The number of nitrogens with two attached hydrogens (primary N) is 1. The van der Waals surface area contributed by atoms with Crippen LogP contribution in [0, 0.1) is 19.7 Å². The smallest absolute Gasteiger partial charge is 0.219 e. The molecule has 0 saturated carbocycles. The summed E-state index contributed by atoms with van der Waals surface area (Å²) < 4.78 is 17.1. The molecule has 0 aliphatic carbocycles. The van der Waals surface area contributed by atoms with Gasteiger partial charge in [-0.2, -0.15) is 5.10 Å². The van der Waals surface area contributed by atoms with Crippen LogP contribution in [0.15, 0.2) is 59.5 Å². The first-order chi connectivity index (χ1) is 16.4. The van der Waals surface area contributed by atoms with E-state index in [1.165, 1.54) is 23.0 Å². The zero-order valence-electron chi connectivity index (χ0n) is 20.0. The molecule has 4 aromatic rings. The van der Waals surface area contributed by atoms with Gasteiger partial charge in [0.05, 0.1) is 23.3 Å². The van der Waals surface area contributed by atoms with Crippen LogP contribution in [0.3, 0.4) is 0 Å². The van der Waals surface area contributed by atoms with Crippen molar-refractivity contribution in [1.82, 2.24) is 24.3 Å². The Morgan fingerprint density at radius 3 is 2.59 bits per heavy atom. The maximum atomic E-state index is 13.9. The first-order valence-electron chi connectivity index (χ1n) is 11.0. The van der Waals surface area contributed by atoms with Crippen molar-refractivity contribution >= 4 is 28.8 Å². The number of fused-ring (bicyclic) bond motifs is 1. The fourth-order valence-corrected chi connectivity index (χ4v) is 3.57. The molecular weight excluding hydrogens is 433 g/mol. The van der Waals surface area contributed by atoms with Crippen molar-refractivity contribution < 1.29 is 9.18 Å². The third-order valence-electron chi connectivity index (χ3n) is 5.29. The van der Waals surface area contributed by atoms with E-state index in [1.54, 1.807) is 16.8 Å². The highest BCUT2D eigenvalue weighted by atomic mass is 19.1. The molecule has 0 atom stereocenters. The molecule has 0 bridgehead atoms. The van der Waals surface area contributed by atoms with Crippen LogP contribution in [0.4, 0.5) is 10.2 Å². The van der Waals surface area contributed by atoms with Gasteiger partial charge in [0.15, 0.2) is 5.65 Å². The van der Waals surface area contributed by atoms with E-state index in [0.717, 1.165) is 11.3 Å². The highest BCUT2D eigenvalue weighted by Gasteiger charge is 2.15. The van der Waals surface area contributed by atoms with Gasteiger partial charge in [-0.15, -0.1) is 0 Å². The minimum atomic E-state index is -0.347. The van der Waals surface area contributed by atoms with Gasteiger partial charge in [0.25, 0.3) is 0 Å². The van der Waals surface area contributed by atoms with Crippen LogP contribution in [0.1, 0.15) is 37.7 Å². The van der Waals surface area contributed by atoms with E-state index in [0.29, 0.717) is 45.7 Å². The number of pyridine rings is 1. The van der Waals surface area contributed by atoms with Crippen LogP contribution in [0.5, 0.6) is 0 Å². The maximum absolute atomic E-state index is 13.9. The number of hydrogen-bond acceptors (Lipinski definition) is 6. The van der Waals surface area contributed by atoms with E-state index in [2.05, 4.69) is 15.1 Å². The Bertz CT molecular complexity index is 1430. The van der Waals surface area contributed by atoms with E-state index < -0.39 is 0 Å². The molecule has 0 unspecified atom stereocenters. The van der Waals surface area contributed by atoms with Crippen molar-refractivity contribution in [3.8, 4) is 0 Å². The zero-order valence-corrected chi connectivity index (χ0v) is 20.0. The molecule has 0 fully saturated rings. The fraction of sp³-hybridized carbons (Fsp3) is 0.240. The van der Waals surface area contributed by atoms with Crippen molar-refractivity contribution in [2.75, 3.05) is 5.73 Å². The molecule has 0 amide bonds. The second kappa shape index (κ2) is 10.7. The summed E-state index contributed by atoms with van der Waals surface area (Å²) in [7, 11) is 0. The van der Waals surface area contributed by atoms with Crippen molar-refractivity contribution in [3.05, 3.63) is 82.7 Å². The molecule has 0 aliphatic heterocycles. The molecule has 0 saturated heterocycles. The third kappa shape index (κ3) is 4.93. The van der Waals surface area contributed by atoms with E-state index in [4.69, 9.17) is 10.7 Å². The van der Waals surface area contributed by atoms with Crippen LogP contribution >= 0.6 is 0 Å². The number of aromatic nitrogens is 5. The van der Waals surface area contributed by atoms with Gasteiger partial charge in [0.1, 0.15) is 23.5 Å². The summed E-state index contributed by atoms with van der Waals surface area (Å²) in [5.41, 5.74) is 10.5. The maximum Gasteiger partial charge on any atom is 0.219 e. The average Bonchev–Trinajstić information content (AvgIpc) is 3.16. The van der Waals surface area contributed by atoms with Gasteiger partial charge in [-0.25, -0.2) is 24.0 Å². The number of carbonyl (C=O) groups excluding carboxylic acids is 1. The van der Waals surface area contributed by atoms with Crippen LogP contribution in [0.2, 0.25) is 0 Å². The first kappa shape index (κ1) is 24.5. The zero-order chi connectivity index (χ0) is 24.8. The van der Waals surface area contributed by atoms with Crippen LogP contribution < -0.4 is 11.2 Å². The number of nitrogens with zero attached hydrogens (tertiary/aromatic N) is 6. The number of carbonyl (C=O) groups is 1. The van der Waals surface area contributed by atoms with Crippen molar-refractivity contribution in [3.63, 3.8) is 0 Å². The second-order valence-electron chi connectivity index (χ2n) is 7.40. The number of anilines is 1. The van der Waals surface area contributed by atoms with Gasteiger partial charge in [-0.3, -0.25) is 9.36 Å². The lowest BCUT2D eigenvalue weighted by Gasteiger charge is -2.11. The SMILES string of the molecule is C/C(=C(/Cn1nc(C)c2c(N)ncnc21)N=c1cccc(C)n1C=O)c1cccc(F)c1.CC. The molecule has 8 nitrogen and oxygen atoms in total. The minimum absolute atomic E-state index is 0.232. The third-order valence-corrected chi connectivity index (χ3v) is 5.29. The molecule has 0 radical (unpaired) electrons. The van der Waals surface area contributed by atoms with E-state index in [-0.39, 0.29) is 12.4 Å². The van der Waals surface area contributed by atoms with Crippen molar-refractivity contribution in [2.45, 2.75) is 41.2 Å². The quantitative estimate of drug-likeness (QED) is 0.451. The lowest BCUT2D eigenvalue weighted by atomic mass is 10.1. The molecule has 2 N–H and O–H groups in total. The lowest BCUT2D eigenvalue weighted by Crippen LogP contribution is -2.23. The van der Waals surface area contributed by atoms with Crippen LogP contribution in [-0.4, -0.2) is 30.7 Å². The molecule has 34 heavy (non-hydrogen) atoms. The largest absolute Gasteiger partial charge is 0.383 e. The Kier molecular flexibility index (Phi) is 7.68. The van der Waals surface area contributed by atoms with Crippen LogP contribution in [-0.2, 0) is 11.3 Å². The molecule has 176 valence electrons. The highest BCUT2D eigenvalue weighted by Crippen LogP contribution is 2.25. The molecule has 1 aromatic carbocycles. The number of allylic oxidation sites excluding steroid dienone is 2. The minimum Gasteiger partial charge on any atom is -0.383 e. The summed E-state index contributed by atoms with van der Waals surface area (Å²) in [5, 5.41) is 5.25. The topological polar surface area (TPSA) is 104 Å². The number of aryl methyl sites for hydroxylation is 2. The lowest BCUT2D eigenvalue weighted by molar-refractivity contribution is 0.543. The van der Waals surface area contributed by atoms with Gasteiger partial charge in [-0.1, -0.05) is 32.0 Å². The van der Waals surface area contributed by atoms with Gasteiger partial charge in [0.2, 0.25) is 6.41 Å². The van der Waals surface area contributed by atoms with Gasteiger partial charge < -0.3 is 5.73 Å². The summed E-state index contributed by atoms with van der Waals surface area (Å²) in [6.07, 6.45) is 2.10. The molecule has 0 aliphatic rings. The predicted octanol–water partition coefficient (Wildman–Crippen LogP) is 4.06. The molecule has 4 rings (SSSR count). The normalized spacial score (nSPS) is 12.2. The van der Waals surface area contributed by atoms with Gasteiger partial charge in [0, 0.05) is 5.69 Å². The number of benzene rings is 1.